The SMILES string of the molecule is Cc1ccc(C(NCCCCN)(c2ccccc2)c2ccccc2)cc1. The molecule has 0 bridgehead atoms. The smallest absolute Gasteiger partial charge is 0.0947 e. The Morgan fingerprint density at radius 3 is 1.69 bits per heavy atom. The monoisotopic (exact) mass is 344 g/mol. The average Bonchev–Trinajstić information content (AvgIpc) is 2.71. The third-order valence-corrected chi connectivity index (χ3v) is 4.92. The molecule has 3 N–H and O–H groups in total. The molecule has 0 unspecified atom stereocenters. The normalized spacial score (nSPS) is 11.5. The third-order valence-electron chi connectivity index (χ3n) is 4.92. The number of aryl methyl sites for hydroxylation is 1. The molecule has 0 aliphatic rings. The van der Waals surface area contributed by atoms with Crippen LogP contribution in [0.1, 0.15) is 35.1 Å². The Morgan fingerprint density at radius 2 is 1.19 bits per heavy atom. The summed E-state index contributed by atoms with van der Waals surface area (Å²) in [5.74, 6) is 0. The van der Waals surface area contributed by atoms with Crippen LogP contribution in [-0.2, 0) is 5.54 Å². The van der Waals surface area contributed by atoms with Crippen molar-refractivity contribution in [1.29, 1.82) is 0 Å². The minimum Gasteiger partial charge on any atom is -0.330 e. The lowest BCUT2D eigenvalue weighted by molar-refractivity contribution is 0.462. The molecule has 0 heterocycles. The van der Waals surface area contributed by atoms with Crippen molar-refractivity contribution >= 4 is 0 Å². The van der Waals surface area contributed by atoms with Gasteiger partial charge in [-0.2, -0.15) is 0 Å². The molecule has 0 amide bonds. The number of benzene rings is 3. The maximum Gasteiger partial charge on any atom is 0.0947 e. The molecule has 0 aromatic heterocycles. The van der Waals surface area contributed by atoms with Gasteiger partial charge < -0.3 is 5.73 Å². The van der Waals surface area contributed by atoms with Gasteiger partial charge in [-0.25, -0.2) is 0 Å². The van der Waals surface area contributed by atoms with Crippen LogP contribution in [0.15, 0.2) is 84.9 Å². The van der Waals surface area contributed by atoms with Crippen LogP contribution in [0, 0.1) is 6.92 Å². The molecule has 0 aliphatic heterocycles. The number of nitrogens with two attached hydrogens (primary N) is 1. The van der Waals surface area contributed by atoms with Gasteiger partial charge in [0.1, 0.15) is 0 Å². The van der Waals surface area contributed by atoms with Gasteiger partial charge in [0.2, 0.25) is 0 Å². The van der Waals surface area contributed by atoms with Gasteiger partial charge in [-0.1, -0.05) is 90.5 Å². The first-order valence-corrected chi connectivity index (χ1v) is 9.40. The Hall–Kier alpha value is -2.42. The first-order chi connectivity index (χ1) is 12.8. The molecule has 0 aliphatic carbocycles. The third kappa shape index (κ3) is 3.87. The summed E-state index contributed by atoms with van der Waals surface area (Å²) >= 11 is 0. The molecule has 3 aromatic rings. The van der Waals surface area contributed by atoms with Crippen LogP contribution in [0.25, 0.3) is 0 Å². The Labute approximate surface area is 157 Å². The van der Waals surface area contributed by atoms with Crippen molar-refractivity contribution in [2.45, 2.75) is 25.3 Å². The van der Waals surface area contributed by atoms with Gasteiger partial charge >= 0.3 is 0 Å². The average molecular weight is 345 g/mol. The van der Waals surface area contributed by atoms with Crippen molar-refractivity contribution in [3.05, 3.63) is 107 Å². The van der Waals surface area contributed by atoms with Crippen LogP contribution in [0.3, 0.4) is 0 Å². The molecule has 0 atom stereocenters. The number of hydrogen-bond donors (Lipinski definition) is 2. The molecule has 0 saturated heterocycles. The second kappa shape index (κ2) is 8.79. The van der Waals surface area contributed by atoms with E-state index in [1.54, 1.807) is 0 Å². The summed E-state index contributed by atoms with van der Waals surface area (Å²) in [6.45, 7) is 3.77. The Morgan fingerprint density at radius 1 is 0.692 bits per heavy atom. The van der Waals surface area contributed by atoms with Gasteiger partial charge in [-0.3, -0.25) is 5.32 Å². The minimum atomic E-state index is -0.370. The lowest BCUT2D eigenvalue weighted by atomic mass is 9.76. The fraction of sp³-hybridized carbons (Fsp3) is 0.250. The zero-order chi connectivity index (χ0) is 18.2. The van der Waals surface area contributed by atoms with Crippen molar-refractivity contribution in [2.24, 2.45) is 5.73 Å². The number of rotatable bonds is 8. The lowest BCUT2D eigenvalue weighted by Gasteiger charge is -2.37. The van der Waals surface area contributed by atoms with Crippen LogP contribution in [0.4, 0.5) is 0 Å². The predicted octanol–water partition coefficient (Wildman–Crippen LogP) is 4.62. The highest BCUT2D eigenvalue weighted by Crippen LogP contribution is 2.36. The summed E-state index contributed by atoms with van der Waals surface area (Å²) < 4.78 is 0. The number of hydrogen-bond acceptors (Lipinski definition) is 2. The molecule has 0 saturated carbocycles. The van der Waals surface area contributed by atoms with E-state index >= 15 is 0 Å². The first-order valence-electron chi connectivity index (χ1n) is 9.40. The van der Waals surface area contributed by atoms with E-state index in [4.69, 9.17) is 5.73 Å². The second-order valence-corrected chi connectivity index (χ2v) is 6.77. The van der Waals surface area contributed by atoms with Gasteiger partial charge in [0.25, 0.3) is 0 Å². The molecule has 0 spiro atoms. The van der Waals surface area contributed by atoms with Crippen LogP contribution >= 0.6 is 0 Å². The van der Waals surface area contributed by atoms with Crippen LogP contribution in [0.5, 0.6) is 0 Å². The molecule has 2 nitrogen and oxygen atoms in total. The van der Waals surface area contributed by atoms with E-state index in [0.717, 1.165) is 25.9 Å². The zero-order valence-corrected chi connectivity index (χ0v) is 15.5. The summed E-state index contributed by atoms with van der Waals surface area (Å²) in [4.78, 5) is 0. The molecule has 0 fully saturated rings. The molecular weight excluding hydrogens is 316 g/mol. The van der Waals surface area contributed by atoms with Crippen molar-refractivity contribution in [1.82, 2.24) is 5.32 Å². The molecule has 3 rings (SSSR count). The van der Waals surface area contributed by atoms with Gasteiger partial charge in [0.05, 0.1) is 5.54 Å². The quantitative estimate of drug-likeness (QED) is 0.462. The maximum atomic E-state index is 5.70. The number of unbranched alkanes of at least 4 members (excludes halogenated alkanes) is 1. The Balaban J connectivity index is 2.15. The van der Waals surface area contributed by atoms with Gasteiger partial charge in [0, 0.05) is 0 Å². The lowest BCUT2D eigenvalue weighted by Crippen LogP contribution is -2.45. The van der Waals surface area contributed by atoms with Crippen LogP contribution in [0.2, 0.25) is 0 Å². The van der Waals surface area contributed by atoms with E-state index in [0.29, 0.717) is 0 Å². The summed E-state index contributed by atoms with van der Waals surface area (Å²) in [6, 6.07) is 30.3. The minimum absolute atomic E-state index is 0.370. The zero-order valence-electron chi connectivity index (χ0n) is 15.5. The molecular formula is C24H28N2. The van der Waals surface area contributed by atoms with Crippen molar-refractivity contribution < 1.29 is 0 Å². The fourth-order valence-corrected chi connectivity index (χ4v) is 3.53. The summed E-state index contributed by atoms with van der Waals surface area (Å²) in [5, 5.41) is 3.88. The highest BCUT2D eigenvalue weighted by Gasteiger charge is 2.35. The summed E-state index contributed by atoms with van der Waals surface area (Å²) in [5.41, 5.74) is 10.4. The standard InChI is InChI=1S/C24H28N2/c1-20-14-16-23(17-15-20)24(26-19-9-8-18-25,21-10-4-2-5-11-21)22-12-6-3-7-13-22/h2-7,10-17,26H,8-9,18-19,25H2,1H3. The Bertz CT molecular complexity index is 740. The number of nitrogens with one attached hydrogen (secondary N) is 1. The van der Waals surface area contributed by atoms with E-state index in [-0.39, 0.29) is 5.54 Å². The predicted molar refractivity (Wildman–Crippen MR) is 110 cm³/mol. The summed E-state index contributed by atoms with van der Waals surface area (Å²) in [7, 11) is 0. The molecule has 0 radical (unpaired) electrons. The highest BCUT2D eigenvalue weighted by molar-refractivity contribution is 5.49. The van der Waals surface area contributed by atoms with Crippen molar-refractivity contribution in [3.8, 4) is 0 Å². The Kier molecular flexibility index (Phi) is 6.21. The largest absolute Gasteiger partial charge is 0.330 e. The fourth-order valence-electron chi connectivity index (χ4n) is 3.53. The van der Waals surface area contributed by atoms with Gasteiger partial charge in [0.15, 0.2) is 0 Å². The first kappa shape index (κ1) is 18.4. The topological polar surface area (TPSA) is 38.0 Å². The van der Waals surface area contributed by atoms with Gasteiger partial charge in [-0.05, 0) is 49.5 Å². The molecule has 3 aromatic carbocycles. The van der Waals surface area contributed by atoms with E-state index in [1.165, 1.54) is 22.3 Å². The van der Waals surface area contributed by atoms with Gasteiger partial charge in [-0.15, -0.1) is 0 Å². The van der Waals surface area contributed by atoms with E-state index < -0.39 is 0 Å². The molecule has 2 heteroatoms. The maximum absolute atomic E-state index is 5.70. The van der Waals surface area contributed by atoms with E-state index in [9.17, 15) is 0 Å². The molecule has 26 heavy (non-hydrogen) atoms. The molecule has 134 valence electrons. The van der Waals surface area contributed by atoms with Crippen LogP contribution in [-0.4, -0.2) is 13.1 Å². The van der Waals surface area contributed by atoms with Crippen molar-refractivity contribution in [3.63, 3.8) is 0 Å². The van der Waals surface area contributed by atoms with E-state index in [2.05, 4.69) is 97.2 Å². The highest BCUT2D eigenvalue weighted by atomic mass is 15.0. The second-order valence-electron chi connectivity index (χ2n) is 6.77. The van der Waals surface area contributed by atoms with Crippen LogP contribution < -0.4 is 11.1 Å². The van der Waals surface area contributed by atoms with Crippen molar-refractivity contribution in [2.75, 3.05) is 13.1 Å². The van der Waals surface area contributed by atoms with E-state index in [1.807, 2.05) is 0 Å². The summed E-state index contributed by atoms with van der Waals surface area (Å²) in [6.07, 6.45) is 2.09.